The fourth-order valence-electron chi connectivity index (χ4n) is 5.59. The smallest absolute Gasteiger partial charge is 0.334 e. The summed E-state index contributed by atoms with van der Waals surface area (Å²) in [6.07, 6.45) is 3.19. The van der Waals surface area contributed by atoms with E-state index in [1.165, 1.54) is 0 Å². The number of piperazine rings is 1. The summed E-state index contributed by atoms with van der Waals surface area (Å²) >= 11 is 1.61. The van der Waals surface area contributed by atoms with Crippen LogP contribution in [0.15, 0.2) is 96.4 Å². The van der Waals surface area contributed by atoms with Crippen molar-refractivity contribution in [2.75, 3.05) is 25.9 Å². The number of thioether (sulfide) groups is 1. The molecule has 3 aromatic carbocycles. The van der Waals surface area contributed by atoms with E-state index < -0.39 is 12.2 Å². The van der Waals surface area contributed by atoms with E-state index in [-0.39, 0.29) is 43.1 Å². The van der Waals surface area contributed by atoms with Crippen LogP contribution < -0.4 is 5.32 Å². The first-order valence-corrected chi connectivity index (χ1v) is 15.1. The van der Waals surface area contributed by atoms with Crippen molar-refractivity contribution in [1.82, 2.24) is 25.1 Å². The first-order chi connectivity index (χ1) is 20.4. The van der Waals surface area contributed by atoms with E-state index in [1.807, 2.05) is 60.9 Å². The van der Waals surface area contributed by atoms with Gasteiger partial charge in [0, 0.05) is 31.0 Å². The fourth-order valence-corrected chi connectivity index (χ4v) is 6.20. The molecule has 3 aromatic rings. The maximum absolute atomic E-state index is 14.1. The lowest BCUT2D eigenvalue weighted by Gasteiger charge is -2.55. The van der Waals surface area contributed by atoms with Crippen molar-refractivity contribution < 1.29 is 19.5 Å². The summed E-state index contributed by atoms with van der Waals surface area (Å²) in [4.78, 5) is 46.1. The number of carbonyl (C=O) groups is 3. The number of rotatable bonds is 9. The number of phenols is 1. The quantitative estimate of drug-likeness (QED) is 0.293. The topological polar surface area (TPSA) is 96.4 Å². The summed E-state index contributed by atoms with van der Waals surface area (Å²) in [5, 5.41) is 16.1. The molecule has 2 aliphatic heterocycles. The Kier molecular flexibility index (Phi) is 9.14. The van der Waals surface area contributed by atoms with Gasteiger partial charge in [0.2, 0.25) is 11.8 Å². The molecule has 9 nitrogen and oxygen atoms in total. The highest BCUT2D eigenvalue weighted by Gasteiger charge is 2.51. The van der Waals surface area contributed by atoms with E-state index in [0.29, 0.717) is 19.6 Å². The molecule has 10 heteroatoms. The minimum atomic E-state index is -0.822. The fraction of sp³-hybridized carbons (Fsp3) is 0.281. The Bertz CT molecular complexity index is 1430. The molecule has 0 aromatic heterocycles. The zero-order chi connectivity index (χ0) is 29.6. The minimum Gasteiger partial charge on any atom is -0.508 e. The number of phenolic OH excluding ortho intramolecular Hbond substituents is 1. The molecule has 4 amide bonds. The summed E-state index contributed by atoms with van der Waals surface area (Å²) < 4.78 is 0. The van der Waals surface area contributed by atoms with Crippen molar-refractivity contribution in [3.63, 3.8) is 0 Å². The molecule has 0 spiro atoms. The lowest BCUT2D eigenvalue weighted by molar-refractivity contribution is -0.189. The van der Waals surface area contributed by atoms with Crippen molar-refractivity contribution in [2.24, 2.45) is 0 Å². The Balaban J connectivity index is 1.50. The largest absolute Gasteiger partial charge is 0.508 e. The number of carbonyl (C=O) groups excluding carboxylic acids is 3. The molecule has 0 saturated carbocycles. The van der Waals surface area contributed by atoms with Gasteiger partial charge in [0.05, 0.1) is 13.1 Å². The second-order valence-corrected chi connectivity index (χ2v) is 11.2. The highest BCUT2D eigenvalue weighted by molar-refractivity contribution is 7.98. The first-order valence-electron chi connectivity index (χ1n) is 13.9. The molecule has 42 heavy (non-hydrogen) atoms. The number of aromatic hydroxyl groups is 1. The molecule has 2 heterocycles. The molecule has 0 unspecified atom stereocenters. The molecular weight excluding hydrogens is 550 g/mol. The Hall–Kier alpha value is -4.28. The molecule has 5 rings (SSSR count). The molecule has 2 saturated heterocycles. The predicted octanol–water partition coefficient (Wildman–Crippen LogP) is 3.85. The van der Waals surface area contributed by atoms with Crippen LogP contribution in [0.25, 0.3) is 0 Å². The molecule has 2 atom stereocenters. The summed E-state index contributed by atoms with van der Waals surface area (Å²) in [7, 11) is 0. The SMILES string of the molecule is C=CCN1CC(=O)N2[C@@H](Cc3ccc(O)cc3)C(=O)N(Cc3ccccc3SC)C[C@@H]2N1C(=O)NCc1ccccc1. The minimum absolute atomic E-state index is 0.0596. The van der Waals surface area contributed by atoms with Crippen molar-refractivity contribution in [2.45, 2.75) is 36.6 Å². The Labute approximate surface area is 250 Å². The second kappa shape index (κ2) is 13.1. The van der Waals surface area contributed by atoms with Gasteiger partial charge in [-0.3, -0.25) is 9.59 Å². The maximum atomic E-state index is 14.1. The van der Waals surface area contributed by atoms with Gasteiger partial charge in [-0.2, -0.15) is 0 Å². The predicted molar refractivity (Wildman–Crippen MR) is 162 cm³/mol. The van der Waals surface area contributed by atoms with Gasteiger partial charge < -0.3 is 20.2 Å². The highest BCUT2D eigenvalue weighted by atomic mass is 32.2. The highest BCUT2D eigenvalue weighted by Crippen LogP contribution is 2.31. The third-order valence-electron chi connectivity index (χ3n) is 7.58. The van der Waals surface area contributed by atoms with E-state index in [9.17, 15) is 19.5 Å². The van der Waals surface area contributed by atoms with Crippen LogP contribution in [0.5, 0.6) is 5.75 Å². The van der Waals surface area contributed by atoms with Crippen LogP contribution in [0.2, 0.25) is 0 Å². The third-order valence-corrected chi connectivity index (χ3v) is 8.42. The van der Waals surface area contributed by atoms with Gasteiger partial charge in [0.1, 0.15) is 18.0 Å². The summed E-state index contributed by atoms with van der Waals surface area (Å²) in [6, 6.07) is 23.0. The van der Waals surface area contributed by atoms with Crippen LogP contribution in [0.3, 0.4) is 0 Å². The van der Waals surface area contributed by atoms with Crippen LogP contribution in [-0.4, -0.2) is 80.9 Å². The number of benzene rings is 3. The van der Waals surface area contributed by atoms with E-state index in [2.05, 4.69) is 11.9 Å². The Morgan fingerprint density at radius 1 is 1.02 bits per heavy atom. The lowest BCUT2D eigenvalue weighted by Crippen LogP contribution is -2.76. The first kappa shape index (κ1) is 29.2. The van der Waals surface area contributed by atoms with Gasteiger partial charge in [-0.15, -0.1) is 18.3 Å². The molecule has 0 bridgehead atoms. The van der Waals surface area contributed by atoms with Crippen molar-refractivity contribution in [3.8, 4) is 5.75 Å². The van der Waals surface area contributed by atoms with Crippen molar-refractivity contribution in [3.05, 3.63) is 108 Å². The number of fused-ring (bicyclic) bond motifs is 1. The standard InChI is InChI=1S/C32H35N5O4S/c1-3-17-35-22-30(39)36-27(18-23-13-15-26(38)16-14-23)31(40)34(20-25-11-7-8-12-28(25)42-2)21-29(36)37(35)32(41)33-19-24-9-5-4-6-10-24/h3-16,27,29,38H,1,17-22H2,2H3,(H,33,41)/t27-,29-/m0/s1. The van der Waals surface area contributed by atoms with E-state index in [0.717, 1.165) is 21.6 Å². The normalized spacial score (nSPS) is 19.0. The number of nitrogens with one attached hydrogen (secondary N) is 1. The van der Waals surface area contributed by atoms with Crippen LogP contribution in [0.4, 0.5) is 4.79 Å². The zero-order valence-corrected chi connectivity index (χ0v) is 24.4. The maximum Gasteiger partial charge on any atom is 0.334 e. The van der Waals surface area contributed by atoms with Crippen LogP contribution in [0, 0.1) is 0 Å². The van der Waals surface area contributed by atoms with Crippen LogP contribution in [0.1, 0.15) is 16.7 Å². The number of urea groups is 1. The van der Waals surface area contributed by atoms with Crippen molar-refractivity contribution >= 4 is 29.6 Å². The molecule has 2 N–H and O–H groups in total. The molecule has 2 aliphatic rings. The zero-order valence-electron chi connectivity index (χ0n) is 23.6. The number of hydrogen-bond donors (Lipinski definition) is 2. The number of hydrazine groups is 1. The van der Waals surface area contributed by atoms with Gasteiger partial charge in [-0.05, 0) is 41.1 Å². The third kappa shape index (κ3) is 6.29. The Morgan fingerprint density at radius 2 is 1.74 bits per heavy atom. The van der Waals surface area contributed by atoms with Gasteiger partial charge in [0.25, 0.3) is 0 Å². The van der Waals surface area contributed by atoms with E-state index in [4.69, 9.17) is 0 Å². The summed E-state index contributed by atoms with van der Waals surface area (Å²) in [6.45, 7) is 4.90. The number of amides is 4. The molecule has 0 radical (unpaired) electrons. The van der Waals surface area contributed by atoms with Gasteiger partial charge in [0.15, 0.2) is 0 Å². The Morgan fingerprint density at radius 3 is 2.45 bits per heavy atom. The van der Waals surface area contributed by atoms with Crippen molar-refractivity contribution in [1.29, 1.82) is 0 Å². The molecular formula is C32H35N5O4S. The molecule has 0 aliphatic carbocycles. The van der Waals surface area contributed by atoms with Crippen LogP contribution in [-0.2, 0) is 29.1 Å². The molecule has 2 fully saturated rings. The second-order valence-electron chi connectivity index (χ2n) is 10.3. The van der Waals surface area contributed by atoms with Gasteiger partial charge in [-0.1, -0.05) is 66.7 Å². The average molecular weight is 586 g/mol. The summed E-state index contributed by atoms with van der Waals surface area (Å²) in [5.41, 5.74) is 2.75. The molecule has 218 valence electrons. The number of hydrogen-bond acceptors (Lipinski definition) is 6. The number of nitrogens with zero attached hydrogens (tertiary/aromatic N) is 4. The van der Waals surface area contributed by atoms with Gasteiger partial charge in [-0.25, -0.2) is 14.8 Å². The summed E-state index contributed by atoms with van der Waals surface area (Å²) in [5.74, 6) is -0.280. The van der Waals surface area contributed by atoms with E-state index >= 15 is 0 Å². The van der Waals surface area contributed by atoms with E-state index in [1.54, 1.807) is 61.9 Å². The monoisotopic (exact) mass is 585 g/mol. The average Bonchev–Trinajstić information content (AvgIpc) is 3.00. The van der Waals surface area contributed by atoms with Gasteiger partial charge >= 0.3 is 6.03 Å². The van der Waals surface area contributed by atoms with Crippen LogP contribution >= 0.6 is 11.8 Å². The lowest BCUT2D eigenvalue weighted by atomic mass is 9.98.